The van der Waals surface area contributed by atoms with Crippen molar-refractivity contribution in [1.82, 2.24) is 0 Å². The number of carboxylic acid groups (broad SMARTS) is 1. The summed E-state index contributed by atoms with van der Waals surface area (Å²) in [4.78, 5) is 22.6. The van der Waals surface area contributed by atoms with Gasteiger partial charge in [0.1, 0.15) is 4.88 Å². The number of hydrogen-bond donors (Lipinski definition) is 2. The van der Waals surface area contributed by atoms with Crippen molar-refractivity contribution in [3.8, 4) is 6.07 Å². The zero-order valence-electron chi connectivity index (χ0n) is 10.7. The van der Waals surface area contributed by atoms with E-state index in [0.717, 1.165) is 16.9 Å². The van der Waals surface area contributed by atoms with E-state index in [4.69, 9.17) is 10.4 Å². The van der Waals surface area contributed by atoms with E-state index < -0.39 is 5.97 Å². The molecule has 2 aromatic rings. The van der Waals surface area contributed by atoms with Gasteiger partial charge in [-0.25, -0.2) is 4.79 Å². The average molecular weight is 298 g/mol. The number of amides is 1. The lowest BCUT2D eigenvalue weighted by molar-refractivity contribution is -0.111. The van der Waals surface area contributed by atoms with Crippen molar-refractivity contribution in [3.05, 3.63) is 58.5 Å². The summed E-state index contributed by atoms with van der Waals surface area (Å²) in [6.45, 7) is 0. The molecular formula is C15H10N2O3S. The minimum Gasteiger partial charge on any atom is -0.477 e. The molecule has 0 unspecified atom stereocenters. The van der Waals surface area contributed by atoms with Crippen LogP contribution in [0.4, 0.5) is 5.00 Å². The average Bonchev–Trinajstić information content (AvgIpc) is 2.94. The van der Waals surface area contributed by atoms with Gasteiger partial charge in [0.15, 0.2) is 0 Å². The highest BCUT2D eigenvalue weighted by molar-refractivity contribution is 7.18. The van der Waals surface area contributed by atoms with E-state index in [1.165, 1.54) is 18.2 Å². The molecule has 104 valence electrons. The van der Waals surface area contributed by atoms with Crippen LogP contribution in [0.1, 0.15) is 20.8 Å². The smallest absolute Gasteiger partial charge is 0.345 e. The molecule has 0 fully saturated rings. The Balaban J connectivity index is 2.02. The van der Waals surface area contributed by atoms with Crippen molar-refractivity contribution in [3.63, 3.8) is 0 Å². The van der Waals surface area contributed by atoms with Crippen LogP contribution in [0.5, 0.6) is 0 Å². The third-order valence-corrected chi connectivity index (χ3v) is 3.49. The van der Waals surface area contributed by atoms with Crippen molar-refractivity contribution in [2.24, 2.45) is 0 Å². The van der Waals surface area contributed by atoms with Crippen molar-refractivity contribution >= 4 is 34.3 Å². The Morgan fingerprint density at radius 3 is 2.76 bits per heavy atom. The molecule has 1 aromatic carbocycles. The Bertz CT molecular complexity index is 756. The predicted molar refractivity (Wildman–Crippen MR) is 80.1 cm³/mol. The minimum atomic E-state index is -1.02. The summed E-state index contributed by atoms with van der Waals surface area (Å²) in [6.07, 6.45) is 2.92. The van der Waals surface area contributed by atoms with E-state index in [0.29, 0.717) is 10.6 Å². The van der Waals surface area contributed by atoms with Crippen LogP contribution in [0.3, 0.4) is 0 Å². The molecule has 0 aliphatic heterocycles. The third-order valence-electron chi connectivity index (χ3n) is 2.51. The molecule has 2 N–H and O–H groups in total. The molecule has 0 radical (unpaired) electrons. The van der Waals surface area contributed by atoms with Crippen molar-refractivity contribution in [2.45, 2.75) is 0 Å². The fourth-order valence-corrected chi connectivity index (χ4v) is 2.31. The van der Waals surface area contributed by atoms with Gasteiger partial charge in [0.05, 0.1) is 16.6 Å². The minimum absolute atomic E-state index is 0.163. The van der Waals surface area contributed by atoms with Crippen LogP contribution in [0, 0.1) is 11.3 Å². The number of hydrogen-bond acceptors (Lipinski definition) is 4. The molecule has 0 saturated heterocycles. The summed E-state index contributed by atoms with van der Waals surface area (Å²) in [5.74, 6) is -1.39. The summed E-state index contributed by atoms with van der Waals surface area (Å²) in [5, 5.41) is 20.6. The van der Waals surface area contributed by atoms with Crippen molar-refractivity contribution < 1.29 is 14.7 Å². The molecule has 0 saturated carbocycles. The van der Waals surface area contributed by atoms with Crippen molar-refractivity contribution in [2.75, 3.05) is 5.32 Å². The van der Waals surface area contributed by atoms with Gasteiger partial charge in [0, 0.05) is 6.08 Å². The van der Waals surface area contributed by atoms with Crippen LogP contribution in [0.25, 0.3) is 6.08 Å². The zero-order valence-corrected chi connectivity index (χ0v) is 11.6. The summed E-state index contributed by atoms with van der Waals surface area (Å²) < 4.78 is 0. The molecule has 6 heteroatoms. The Hall–Kier alpha value is -2.91. The lowest BCUT2D eigenvalue weighted by atomic mass is 10.1. The molecule has 0 aliphatic rings. The fraction of sp³-hybridized carbons (Fsp3) is 0. The first-order valence-corrected chi connectivity index (χ1v) is 6.72. The zero-order chi connectivity index (χ0) is 15.2. The topological polar surface area (TPSA) is 90.2 Å². The molecule has 0 atom stereocenters. The van der Waals surface area contributed by atoms with Gasteiger partial charge in [-0.15, -0.1) is 11.3 Å². The quantitative estimate of drug-likeness (QED) is 0.849. The number of anilines is 1. The highest BCUT2D eigenvalue weighted by atomic mass is 32.1. The molecule has 21 heavy (non-hydrogen) atoms. The number of carbonyl (C=O) groups excluding carboxylic acids is 1. The highest BCUT2D eigenvalue weighted by Crippen LogP contribution is 2.21. The van der Waals surface area contributed by atoms with E-state index in [1.54, 1.807) is 30.3 Å². The SMILES string of the molecule is N#Cc1cccc(/C=C/C(=O)Nc2ccc(C(=O)O)s2)c1. The van der Waals surface area contributed by atoms with E-state index in [9.17, 15) is 9.59 Å². The first kappa shape index (κ1) is 14.5. The maximum absolute atomic E-state index is 11.7. The Kier molecular flexibility index (Phi) is 4.49. The number of nitrogens with one attached hydrogen (secondary N) is 1. The van der Waals surface area contributed by atoms with Gasteiger partial charge in [-0.1, -0.05) is 12.1 Å². The van der Waals surface area contributed by atoms with Gasteiger partial charge in [0.25, 0.3) is 0 Å². The van der Waals surface area contributed by atoms with Crippen molar-refractivity contribution in [1.29, 1.82) is 5.26 Å². The molecule has 2 rings (SSSR count). The van der Waals surface area contributed by atoms with E-state index in [1.807, 2.05) is 6.07 Å². The Morgan fingerprint density at radius 2 is 2.10 bits per heavy atom. The van der Waals surface area contributed by atoms with Crippen LogP contribution in [-0.4, -0.2) is 17.0 Å². The number of nitriles is 1. The molecule has 0 aliphatic carbocycles. The first-order valence-electron chi connectivity index (χ1n) is 5.91. The van der Waals surface area contributed by atoms with Gasteiger partial charge in [-0.05, 0) is 35.9 Å². The number of aromatic carboxylic acids is 1. The predicted octanol–water partition coefficient (Wildman–Crippen LogP) is 2.97. The first-order chi connectivity index (χ1) is 10.1. The summed E-state index contributed by atoms with van der Waals surface area (Å²) in [5.41, 5.74) is 1.25. The van der Waals surface area contributed by atoms with Gasteiger partial charge in [-0.3, -0.25) is 4.79 Å². The molecule has 5 nitrogen and oxygen atoms in total. The fourth-order valence-electron chi connectivity index (χ4n) is 1.57. The Labute approximate surface area is 124 Å². The van der Waals surface area contributed by atoms with Crippen LogP contribution in [0.15, 0.2) is 42.5 Å². The van der Waals surface area contributed by atoms with Gasteiger partial charge in [0.2, 0.25) is 5.91 Å². The standard InChI is InChI=1S/C15H10N2O3S/c16-9-11-3-1-2-10(8-11)4-6-13(18)17-14-7-5-12(21-14)15(19)20/h1-8H,(H,17,18)(H,19,20)/b6-4+. The van der Waals surface area contributed by atoms with Crippen LogP contribution in [-0.2, 0) is 4.79 Å². The van der Waals surface area contributed by atoms with E-state index >= 15 is 0 Å². The number of benzene rings is 1. The number of rotatable bonds is 4. The second-order valence-corrected chi connectivity index (χ2v) is 5.11. The lowest BCUT2D eigenvalue weighted by Gasteiger charge is -1.97. The second-order valence-electron chi connectivity index (χ2n) is 4.03. The number of carboxylic acids is 1. The highest BCUT2D eigenvalue weighted by Gasteiger charge is 2.07. The van der Waals surface area contributed by atoms with E-state index in [-0.39, 0.29) is 10.8 Å². The summed E-state index contributed by atoms with van der Waals surface area (Å²) in [6, 6.07) is 11.8. The Morgan fingerprint density at radius 1 is 1.29 bits per heavy atom. The maximum Gasteiger partial charge on any atom is 0.345 e. The van der Waals surface area contributed by atoms with Gasteiger partial charge in [-0.2, -0.15) is 5.26 Å². The van der Waals surface area contributed by atoms with Crippen LogP contribution in [0.2, 0.25) is 0 Å². The monoisotopic (exact) mass is 298 g/mol. The molecule has 1 heterocycles. The van der Waals surface area contributed by atoms with E-state index in [2.05, 4.69) is 5.32 Å². The van der Waals surface area contributed by atoms with Crippen LogP contribution >= 0.6 is 11.3 Å². The van der Waals surface area contributed by atoms with Gasteiger partial charge < -0.3 is 10.4 Å². The molecule has 1 amide bonds. The largest absolute Gasteiger partial charge is 0.477 e. The van der Waals surface area contributed by atoms with Gasteiger partial charge >= 0.3 is 5.97 Å². The van der Waals surface area contributed by atoms with Crippen LogP contribution < -0.4 is 5.32 Å². The molecule has 0 bridgehead atoms. The maximum atomic E-state index is 11.7. The second kappa shape index (κ2) is 6.50. The third kappa shape index (κ3) is 4.03. The molecular weight excluding hydrogens is 288 g/mol. The number of thiophene rings is 1. The normalized spacial score (nSPS) is 10.2. The lowest BCUT2D eigenvalue weighted by Crippen LogP contribution is -2.06. The molecule has 0 spiro atoms. The number of nitrogens with zero attached hydrogens (tertiary/aromatic N) is 1. The molecule has 1 aromatic heterocycles. The summed E-state index contributed by atoms with van der Waals surface area (Å²) >= 11 is 0.989. The summed E-state index contributed by atoms with van der Waals surface area (Å²) in [7, 11) is 0. The number of carbonyl (C=O) groups is 2.